The van der Waals surface area contributed by atoms with Gasteiger partial charge in [0.25, 0.3) is 21.6 Å². The zero-order valence-electron chi connectivity index (χ0n) is 22.2. The molecule has 0 saturated carbocycles. The monoisotopic (exact) mass is 596 g/mol. The summed E-state index contributed by atoms with van der Waals surface area (Å²) in [5.41, 5.74) is 4.30. The minimum atomic E-state index is -4.42. The van der Waals surface area contributed by atoms with E-state index < -0.39 is 27.4 Å². The highest BCUT2D eigenvalue weighted by Gasteiger charge is 2.29. The number of hydrogen-bond acceptors (Lipinski definition) is 8. The number of para-hydroxylation sites is 1. The van der Waals surface area contributed by atoms with Crippen molar-refractivity contribution in [2.45, 2.75) is 18.7 Å². The van der Waals surface area contributed by atoms with E-state index in [0.29, 0.717) is 22.6 Å². The molecule has 0 saturated heterocycles. The molecule has 0 bridgehead atoms. The SMILES string of the molecule is COc1ccc(N(CC(=O)N/N=C\c2c(Cl)nn(-c3ccccc3)c2C)S(=O)(=O)c2ccc(C)c([N+](=O)[O-])c2)cc1. The zero-order chi connectivity index (χ0) is 29.7. The van der Waals surface area contributed by atoms with Crippen LogP contribution in [0.5, 0.6) is 5.75 Å². The highest BCUT2D eigenvalue weighted by Crippen LogP contribution is 2.29. The number of nitrogens with zero attached hydrogens (tertiary/aromatic N) is 5. The van der Waals surface area contributed by atoms with E-state index >= 15 is 0 Å². The smallest absolute Gasteiger partial charge is 0.273 e. The van der Waals surface area contributed by atoms with Crippen molar-refractivity contribution in [3.8, 4) is 11.4 Å². The Morgan fingerprint density at radius 1 is 1.15 bits per heavy atom. The van der Waals surface area contributed by atoms with Gasteiger partial charge >= 0.3 is 0 Å². The summed E-state index contributed by atoms with van der Waals surface area (Å²) in [6, 6.07) is 18.8. The van der Waals surface area contributed by atoms with Crippen LogP contribution in [0.1, 0.15) is 16.8 Å². The van der Waals surface area contributed by atoms with Gasteiger partial charge < -0.3 is 4.74 Å². The van der Waals surface area contributed by atoms with Gasteiger partial charge in [-0.3, -0.25) is 19.2 Å². The molecular formula is C27H25ClN6O6S. The Kier molecular flexibility index (Phi) is 8.69. The van der Waals surface area contributed by atoms with Crippen LogP contribution >= 0.6 is 11.6 Å². The van der Waals surface area contributed by atoms with E-state index in [1.165, 1.54) is 56.6 Å². The fourth-order valence-corrected chi connectivity index (χ4v) is 5.62. The first-order valence-corrected chi connectivity index (χ1v) is 13.9. The van der Waals surface area contributed by atoms with E-state index in [0.717, 1.165) is 16.1 Å². The number of anilines is 1. The van der Waals surface area contributed by atoms with Crippen molar-refractivity contribution in [2.24, 2.45) is 5.10 Å². The molecule has 212 valence electrons. The molecule has 1 amide bonds. The molecule has 0 aliphatic carbocycles. The zero-order valence-corrected chi connectivity index (χ0v) is 23.8. The third-order valence-corrected chi connectivity index (χ3v) is 8.16. The molecule has 14 heteroatoms. The molecule has 12 nitrogen and oxygen atoms in total. The molecule has 0 atom stereocenters. The average Bonchev–Trinajstić information content (AvgIpc) is 3.25. The summed E-state index contributed by atoms with van der Waals surface area (Å²) in [7, 11) is -2.96. The number of aryl methyl sites for hydroxylation is 1. The van der Waals surface area contributed by atoms with E-state index in [4.69, 9.17) is 16.3 Å². The van der Waals surface area contributed by atoms with Crippen LogP contribution in [0.25, 0.3) is 5.69 Å². The fourth-order valence-electron chi connectivity index (χ4n) is 3.92. The van der Waals surface area contributed by atoms with Crippen LogP contribution in [0, 0.1) is 24.0 Å². The maximum absolute atomic E-state index is 13.7. The number of nitro groups is 1. The van der Waals surface area contributed by atoms with Crippen LogP contribution in [0.15, 0.2) is 82.8 Å². The van der Waals surface area contributed by atoms with Crippen molar-refractivity contribution < 1.29 is 22.9 Å². The molecule has 0 unspecified atom stereocenters. The van der Waals surface area contributed by atoms with Crippen molar-refractivity contribution in [2.75, 3.05) is 18.0 Å². The Hall–Kier alpha value is -4.75. The van der Waals surface area contributed by atoms with Crippen LogP contribution in [-0.2, 0) is 14.8 Å². The number of aromatic nitrogens is 2. The molecule has 0 aliphatic heterocycles. The number of nitrogens with one attached hydrogen (secondary N) is 1. The van der Waals surface area contributed by atoms with E-state index in [1.807, 2.05) is 30.3 Å². The lowest BCUT2D eigenvalue weighted by Gasteiger charge is -2.24. The fraction of sp³-hybridized carbons (Fsp3) is 0.148. The summed E-state index contributed by atoms with van der Waals surface area (Å²) < 4.78 is 34.9. The normalized spacial score (nSPS) is 11.4. The van der Waals surface area contributed by atoms with Gasteiger partial charge in [0.05, 0.1) is 45.8 Å². The standard InChI is InChI=1S/C27H25ClN6O6S/c1-18-9-14-23(15-25(18)34(36)37)41(38,39)32(20-10-12-22(40-3)13-11-20)17-26(35)30-29-16-24-19(2)33(31-27(24)28)21-7-5-4-6-8-21/h4-16H,17H2,1-3H3,(H,30,35)/b29-16-. The molecule has 1 heterocycles. The topological polar surface area (TPSA) is 149 Å². The Bertz CT molecular complexity index is 1720. The predicted octanol–water partition coefficient (Wildman–Crippen LogP) is 4.40. The predicted molar refractivity (Wildman–Crippen MR) is 154 cm³/mol. The third kappa shape index (κ3) is 6.36. The van der Waals surface area contributed by atoms with Gasteiger partial charge in [-0.2, -0.15) is 10.2 Å². The average molecular weight is 597 g/mol. The van der Waals surface area contributed by atoms with Crippen LogP contribution in [0.2, 0.25) is 5.15 Å². The number of hydrazone groups is 1. The second kappa shape index (κ2) is 12.2. The largest absolute Gasteiger partial charge is 0.497 e. The molecule has 0 fully saturated rings. The van der Waals surface area contributed by atoms with Gasteiger partial charge in [-0.1, -0.05) is 35.9 Å². The lowest BCUT2D eigenvalue weighted by Crippen LogP contribution is -2.39. The first kappa shape index (κ1) is 29.2. The van der Waals surface area contributed by atoms with E-state index in [-0.39, 0.29) is 21.4 Å². The molecule has 1 N–H and O–H groups in total. The number of sulfonamides is 1. The maximum Gasteiger partial charge on any atom is 0.273 e. The molecular weight excluding hydrogens is 572 g/mol. The number of rotatable bonds is 10. The van der Waals surface area contributed by atoms with Crippen molar-refractivity contribution in [3.63, 3.8) is 0 Å². The second-order valence-corrected chi connectivity index (χ2v) is 11.0. The molecule has 0 aliphatic rings. The molecule has 3 aromatic carbocycles. The number of amides is 1. The van der Waals surface area contributed by atoms with E-state index in [2.05, 4.69) is 15.6 Å². The molecule has 41 heavy (non-hydrogen) atoms. The Morgan fingerprint density at radius 2 is 1.83 bits per heavy atom. The summed E-state index contributed by atoms with van der Waals surface area (Å²) in [4.78, 5) is 23.4. The minimum Gasteiger partial charge on any atom is -0.497 e. The molecule has 1 aromatic heterocycles. The minimum absolute atomic E-state index is 0.135. The van der Waals surface area contributed by atoms with Crippen LogP contribution < -0.4 is 14.5 Å². The lowest BCUT2D eigenvalue weighted by molar-refractivity contribution is -0.385. The Labute approximate surface area is 241 Å². The van der Waals surface area contributed by atoms with Gasteiger partial charge in [-0.15, -0.1) is 0 Å². The molecule has 4 aromatic rings. The highest BCUT2D eigenvalue weighted by atomic mass is 35.5. The molecule has 0 radical (unpaired) electrons. The Balaban J connectivity index is 1.60. The van der Waals surface area contributed by atoms with Crippen molar-refractivity contribution in [1.29, 1.82) is 0 Å². The van der Waals surface area contributed by atoms with Gasteiger partial charge in [0, 0.05) is 11.6 Å². The third-order valence-electron chi connectivity index (χ3n) is 6.11. The van der Waals surface area contributed by atoms with E-state index in [1.54, 1.807) is 11.6 Å². The number of carbonyl (C=O) groups is 1. The summed E-state index contributed by atoms with van der Waals surface area (Å²) in [5.74, 6) is -0.305. The van der Waals surface area contributed by atoms with Crippen LogP contribution in [0.3, 0.4) is 0 Å². The lowest BCUT2D eigenvalue weighted by atomic mass is 10.2. The van der Waals surface area contributed by atoms with Gasteiger partial charge in [0.15, 0.2) is 5.15 Å². The first-order valence-electron chi connectivity index (χ1n) is 12.1. The highest BCUT2D eigenvalue weighted by molar-refractivity contribution is 7.92. The van der Waals surface area contributed by atoms with Gasteiger partial charge in [-0.05, 0) is 56.3 Å². The van der Waals surface area contributed by atoms with Gasteiger partial charge in [0.2, 0.25) is 0 Å². The maximum atomic E-state index is 13.7. The number of carbonyl (C=O) groups excluding carboxylic acids is 1. The van der Waals surface area contributed by atoms with Gasteiger partial charge in [0.1, 0.15) is 12.3 Å². The van der Waals surface area contributed by atoms with Crippen LogP contribution in [-0.4, -0.2) is 48.9 Å². The summed E-state index contributed by atoms with van der Waals surface area (Å²) in [6.07, 6.45) is 1.32. The second-order valence-electron chi connectivity index (χ2n) is 8.75. The van der Waals surface area contributed by atoms with Crippen molar-refractivity contribution in [1.82, 2.24) is 15.2 Å². The van der Waals surface area contributed by atoms with Crippen molar-refractivity contribution in [3.05, 3.63) is 105 Å². The Morgan fingerprint density at radius 3 is 2.46 bits per heavy atom. The number of hydrogen-bond donors (Lipinski definition) is 1. The number of halogens is 1. The van der Waals surface area contributed by atoms with Gasteiger partial charge in [-0.25, -0.2) is 18.5 Å². The summed E-state index contributed by atoms with van der Waals surface area (Å²) >= 11 is 6.30. The van der Waals surface area contributed by atoms with Crippen LogP contribution in [0.4, 0.5) is 11.4 Å². The summed E-state index contributed by atoms with van der Waals surface area (Å²) in [6.45, 7) is 2.61. The first-order chi connectivity index (χ1) is 19.5. The van der Waals surface area contributed by atoms with E-state index in [9.17, 15) is 23.3 Å². The number of nitro benzene ring substituents is 1. The molecule has 0 spiro atoms. The quantitative estimate of drug-likeness (QED) is 0.162. The van der Waals surface area contributed by atoms with Crippen molar-refractivity contribution >= 4 is 45.1 Å². The number of ether oxygens (including phenoxy) is 1. The number of benzene rings is 3. The molecule has 4 rings (SSSR count). The summed E-state index contributed by atoms with van der Waals surface area (Å²) in [5, 5.41) is 19.9. The number of methoxy groups -OCH3 is 1.